The average Bonchev–Trinajstić information content (AvgIpc) is 3.21. The highest BCUT2D eigenvalue weighted by molar-refractivity contribution is 14.0. The molecule has 2 atom stereocenters. The fraction of sp³-hybridized carbons (Fsp3) is 0.550. The first kappa shape index (κ1) is 22.6. The molecule has 1 aliphatic heterocycles. The zero-order valence-corrected chi connectivity index (χ0v) is 19.2. The van der Waals surface area contributed by atoms with Crippen LogP contribution in [0.1, 0.15) is 37.5 Å². The van der Waals surface area contributed by atoms with Crippen molar-refractivity contribution in [3.05, 3.63) is 47.6 Å². The topological polar surface area (TPSA) is 78.6 Å². The second-order valence-electron chi connectivity index (χ2n) is 7.09. The minimum Gasteiger partial charge on any atom is -0.357 e. The number of hydrogen-bond donors (Lipinski definition) is 2. The molecule has 2 unspecified atom stereocenters. The number of hydrogen-bond acceptors (Lipinski definition) is 5. The monoisotopic (exact) mass is 498 g/mol. The molecule has 3 rings (SSSR count). The van der Waals surface area contributed by atoms with Gasteiger partial charge in [0.15, 0.2) is 11.8 Å². The lowest BCUT2D eigenvalue weighted by atomic mass is 10.2. The molecule has 1 aliphatic rings. The number of guanidine groups is 1. The first-order valence-electron chi connectivity index (χ1n) is 9.76. The summed E-state index contributed by atoms with van der Waals surface area (Å²) in [5.41, 5.74) is 1.36. The summed E-state index contributed by atoms with van der Waals surface area (Å²) >= 11 is 0. The molecule has 0 saturated carbocycles. The van der Waals surface area contributed by atoms with Crippen molar-refractivity contribution in [1.29, 1.82) is 0 Å². The van der Waals surface area contributed by atoms with E-state index in [1.54, 1.807) is 0 Å². The van der Waals surface area contributed by atoms with E-state index >= 15 is 0 Å². The van der Waals surface area contributed by atoms with Crippen LogP contribution in [0.4, 0.5) is 0 Å². The Kier molecular flexibility index (Phi) is 9.17. The Morgan fingerprint density at radius 3 is 2.79 bits per heavy atom. The van der Waals surface area contributed by atoms with Crippen LogP contribution in [0.3, 0.4) is 0 Å². The molecule has 0 spiro atoms. The van der Waals surface area contributed by atoms with Crippen LogP contribution < -0.4 is 10.6 Å². The van der Waals surface area contributed by atoms with Crippen molar-refractivity contribution < 1.29 is 4.52 Å². The molecule has 154 valence electrons. The van der Waals surface area contributed by atoms with Gasteiger partial charge in [-0.15, -0.1) is 24.0 Å². The van der Waals surface area contributed by atoms with E-state index in [0.717, 1.165) is 32.0 Å². The summed E-state index contributed by atoms with van der Waals surface area (Å²) in [6.07, 6.45) is 1.76. The highest BCUT2D eigenvalue weighted by Crippen LogP contribution is 2.20. The van der Waals surface area contributed by atoms with Gasteiger partial charge in [-0.2, -0.15) is 4.98 Å². The van der Waals surface area contributed by atoms with Crippen LogP contribution in [0.15, 0.2) is 39.8 Å². The van der Waals surface area contributed by atoms with Gasteiger partial charge in [-0.3, -0.25) is 9.89 Å². The van der Waals surface area contributed by atoms with Gasteiger partial charge in [0.05, 0.1) is 6.54 Å². The molecule has 0 amide bonds. The summed E-state index contributed by atoms with van der Waals surface area (Å²) in [7, 11) is 0. The van der Waals surface area contributed by atoms with Crippen molar-refractivity contribution >= 4 is 29.9 Å². The van der Waals surface area contributed by atoms with E-state index in [4.69, 9.17) is 4.52 Å². The highest BCUT2D eigenvalue weighted by atomic mass is 127. The number of rotatable bonds is 7. The summed E-state index contributed by atoms with van der Waals surface area (Å²) < 4.78 is 5.15. The molecule has 1 fully saturated rings. The number of aryl methyl sites for hydroxylation is 1. The molecule has 1 aromatic heterocycles. The summed E-state index contributed by atoms with van der Waals surface area (Å²) in [6.45, 7) is 9.66. The third-order valence-corrected chi connectivity index (χ3v) is 4.78. The van der Waals surface area contributed by atoms with E-state index in [0.29, 0.717) is 36.8 Å². The Hall–Kier alpha value is -1.68. The Balaban J connectivity index is 0.00000280. The molecular weight excluding hydrogens is 467 g/mol. The standard InChI is InChI=1S/C20H30N6O.HI/c1-4-21-20(22-11-10-19-23-16(3)25-27-19)24-18-12-15(2)26(14-18)13-17-8-6-5-7-9-17;/h5-9,15,18H,4,10-14H2,1-3H3,(H2,21,22,24);1H. The first-order chi connectivity index (χ1) is 13.1. The summed E-state index contributed by atoms with van der Waals surface area (Å²) in [6, 6.07) is 11.6. The summed E-state index contributed by atoms with van der Waals surface area (Å²) in [5.74, 6) is 2.15. The molecule has 0 aliphatic carbocycles. The Labute approximate surface area is 184 Å². The van der Waals surface area contributed by atoms with Gasteiger partial charge in [-0.25, -0.2) is 0 Å². The third kappa shape index (κ3) is 6.73. The maximum Gasteiger partial charge on any atom is 0.228 e. The summed E-state index contributed by atoms with van der Waals surface area (Å²) in [4.78, 5) is 11.4. The fourth-order valence-corrected chi connectivity index (χ4v) is 3.46. The maximum atomic E-state index is 5.15. The van der Waals surface area contributed by atoms with Crippen molar-refractivity contribution in [2.45, 2.75) is 52.2 Å². The van der Waals surface area contributed by atoms with Gasteiger partial charge < -0.3 is 15.2 Å². The van der Waals surface area contributed by atoms with Crippen molar-refractivity contribution in [3.8, 4) is 0 Å². The zero-order chi connectivity index (χ0) is 19.1. The third-order valence-electron chi connectivity index (χ3n) is 4.78. The first-order valence-corrected chi connectivity index (χ1v) is 9.76. The second kappa shape index (κ2) is 11.4. The SMILES string of the molecule is CCNC(=NCCc1nc(C)no1)NC1CC(C)N(Cc2ccccc2)C1.I. The molecule has 2 aromatic rings. The minimum absolute atomic E-state index is 0. The van der Waals surface area contributed by atoms with Crippen LogP contribution in [-0.2, 0) is 13.0 Å². The lowest BCUT2D eigenvalue weighted by Crippen LogP contribution is -2.44. The van der Waals surface area contributed by atoms with E-state index in [-0.39, 0.29) is 24.0 Å². The van der Waals surface area contributed by atoms with Crippen LogP contribution in [-0.4, -0.2) is 52.7 Å². The van der Waals surface area contributed by atoms with Crippen LogP contribution in [0.5, 0.6) is 0 Å². The number of nitrogens with zero attached hydrogens (tertiary/aromatic N) is 4. The van der Waals surface area contributed by atoms with Gasteiger partial charge in [0.25, 0.3) is 0 Å². The molecule has 1 saturated heterocycles. The van der Waals surface area contributed by atoms with Gasteiger partial charge >= 0.3 is 0 Å². The lowest BCUT2D eigenvalue weighted by molar-refractivity contribution is 0.258. The molecule has 2 heterocycles. The molecule has 7 nitrogen and oxygen atoms in total. The zero-order valence-electron chi connectivity index (χ0n) is 16.9. The number of nitrogens with one attached hydrogen (secondary N) is 2. The molecular formula is C20H31IN6O. The Bertz CT molecular complexity index is 735. The smallest absolute Gasteiger partial charge is 0.228 e. The Morgan fingerprint density at radius 2 is 2.11 bits per heavy atom. The predicted molar refractivity (Wildman–Crippen MR) is 122 cm³/mol. The van der Waals surface area contributed by atoms with Crippen LogP contribution in [0.25, 0.3) is 0 Å². The second-order valence-corrected chi connectivity index (χ2v) is 7.09. The van der Waals surface area contributed by atoms with Crippen molar-refractivity contribution in [3.63, 3.8) is 0 Å². The molecule has 28 heavy (non-hydrogen) atoms. The van der Waals surface area contributed by atoms with Crippen LogP contribution in [0, 0.1) is 6.92 Å². The molecule has 2 N–H and O–H groups in total. The molecule has 0 radical (unpaired) electrons. The van der Waals surface area contributed by atoms with Crippen molar-refractivity contribution in [2.75, 3.05) is 19.6 Å². The Morgan fingerprint density at radius 1 is 1.32 bits per heavy atom. The van der Waals surface area contributed by atoms with Crippen LogP contribution in [0.2, 0.25) is 0 Å². The molecule has 0 bridgehead atoms. The highest BCUT2D eigenvalue weighted by Gasteiger charge is 2.29. The number of aromatic nitrogens is 2. The van der Waals surface area contributed by atoms with Gasteiger partial charge in [0, 0.05) is 38.1 Å². The quantitative estimate of drug-likeness (QED) is 0.348. The van der Waals surface area contributed by atoms with E-state index < -0.39 is 0 Å². The predicted octanol–water partition coefficient (Wildman–Crippen LogP) is 2.76. The van der Waals surface area contributed by atoms with E-state index in [1.165, 1.54) is 5.56 Å². The average molecular weight is 498 g/mol. The van der Waals surface area contributed by atoms with Gasteiger partial charge in [-0.05, 0) is 32.8 Å². The van der Waals surface area contributed by atoms with Gasteiger partial charge in [-0.1, -0.05) is 35.5 Å². The van der Waals surface area contributed by atoms with Crippen LogP contribution >= 0.6 is 24.0 Å². The van der Waals surface area contributed by atoms with E-state index in [9.17, 15) is 0 Å². The van der Waals surface area contributed by atoms with E-state index in [1.807, 2.05) is 6.92 Å². The normalized spacial score (nSPS) is 20.0. The van der Waals surface area contributed by atoms with Crippen molar-refractivity contribution in [2.24, 2.45) is 4.99 Å². The largest absolute Gasteiger partial charge is 0.357 e. The fourth-order valence-electron chi connectivity index (χ4n) is 3.46. The van der Waals surface area contributed by atoms with Crippen molar-refractivity contribution in [1.82, 2.24) is 25.7 Å². The molecule has 8 heteroatoms. The lowest BCUT2D eigenvalue weighted by Gasteiger charge is -2.21. The van der Waals surface area contributed by atoms with E-state index in [2.05, 4.69) is 74.8 Å². The minimum atomic E-state index is 0. The van der Waals surface area contributed by atoms with Gasteiger partial charge in [0.2, 0.25) is 5.89 Å². The number of benzene rings is 1. The van der Waals surface area contributed by atoms with Gasteiger partial charge in [0.1, 0.15) is 0 Å². The number of halogens is 1. The number of aliphatic imine (C=N–C) groups is 1. The molecule has 1 aromatic carbocycles. The number of likely N-dealkylation sites (tertiary alicyclic amines) is 1. The maximum absolute atomic E-state index is 5.15. The summed E-state index contributed by atoms with van der Waals surface area (Å²) in [5, 5.41) is 10.7.